The number of hydrogen-bond donors (Lipinski definition) is 1. The highest BCUT2D eigenvalue weighted by atomic mass is 32.2. The predicted molar refractivity (Wildman–Crippen MR) is 140 cm³/mol. The number of halogens is 3. The molecular weight excluding hydrogens is 491 g/mol. The summed E-state index contributed by atoms with van der Waals surface area (Å²) < 4.78 is 53.3. The molecule has 0 bridgehead atoms. The number of pyridine rings is 1. The molecular formula is C26H40F3N3O3S. The average Bonchev–Trinajstić information content (AvgIpc) is 2.88. The lowest BCUT2D eigenvalue weighted by atomic mass is 10.1. The Morgan fingerprint density at radius 2 is 1.64 bits per heavy atom. The normalized spacial score (nSPS) is 18.4. The van der Waals surface area contributed by atoms with Crippen LogP contribution in [0.15, 0.2) is 47.5 Å². The van der Waals surface area contributed by atoms with E-state index in [2.05, 4.69) is 4.98 Å². The van der Waals surface area contributed by atoms with E-state index in [-0.39, 0.29) is 18.5 Å². The van der Waals surface area contributed by atoms with Crippen molar-refractivity contribution in [2.45, 2.75) is 85.0 Å². The zero-order valence-corrected chi connectivity index (χ0v) is 23.3. The van der Waals surface area contributed by atoms with Gasteiger partial charge in [-0.25, -0.2) is 13.5 Å². The number of aromatic nitrogens is 1. The number of alkyl halides is 3. The van der Waals surface area contributed by atoms with Crippen molar-refractivity contribution in [3.05, 3.63) is 53.7 Å². The van der Waals surface area contributed by atoms with Crippen LogP contribution in [0, 0.1) is 0 Å². The van der Waals surface area contributed by atoms with Crippen molar-refractivity contribution in [1.82, 2.24) is 9.29 Å². The van der Waals surface area contributed by atoms with Gasteiger partial charge in [-0.2, -0.15) is 13.2 Å². The largest absolute Gasteiger partial charge is 0.481 e. The van der Waals surface area contributed by atoms with Gasteiger partial charge in [-0.3, -0.25) is 4.79 Å². The number of hydrogen-bond acceptors (Lipinski definition) is 4. The van der Waals surface area contributed by atoms with E-state index in [9.17, 15) is 22.2 Å². The number of carboxylic acid groups (broad SMARTS) is 1. The summed E-state index contributed by atoms with van der Waals surface area (Å²) in [7, 11) is -1.49. The molecule has 1 N–H and O–H groups in total. The third kappa shape index (κ3) is 9.20. The molecule has 2 heterocycles. The molecule has 3 atom stereocenters. The van der Waals surface area contributed by atoms with Gasteiger partial charge < -0.3 is 10.0 Å². The molecule has 2 aromatic rings. The zero-order chi connectivity index (χ0) is 28.1. The smallest absolute Gasteiger partial charge is 0.417 e. The molecule has 0 radical (unpaired) electrons. The molecule has 10 heteroatoms. The molecule has 1 saturated heterocycles. The summed E-state index contributed by atoms with van der Waals surface area (Å²) >= 11 is 0. The second-order valence-electron chi connectivity index (χ2n) is 7.19. The number of anilines is 1. The Hall–Kier alpha value is -2.46. The number of rotatable bonds is 5. The van der Waals surface area contributed by atoms with Gasteiger partial charge in [0, 0.05) is 31.4 Å². The Balaban J connectivity index is 0.00000190. The molecule has 0 amide bonds. The summed E-state index contributed by atoms with van der Waals surface area (Å²) in [6, 6.07) is 8.73. The van der Waals surface area contributed by atoms with Gasteiger partial charge in [0.2, 0.25) is 0 Å². The third-order valence-electron chi connectivity index (χ3n) is 5.24. The maximum Gasteiger partial charge on any atom is 0.417 e. The van der Waals surface area contributed by atoms with Gasteiger partial charge in [-0.15, -0.1) is 0 Å². The molecule has 6 nitrogen and oxygen atoms in total. The molecule has 36 heavy (non-hydrogen) atoms. The molecule has 1 aromatic heterocycles. The number of nitrogens with zero attached hydrogens (tertiary/aromatic N) is 3. The van der Waals surface area contributed by atoms with E-state index in [0.29, 0.717) is 29.4 Å². The van der Waals surface area contributed by atoms with E-state index in [1.807, 2.05) is 64.6 Å². The minimum atomic E-state index is -4.44. The Kier molecular flexibility index (Phi) is 15.2. The lowest BCUT2D eigenvalue weighted by Crippen LogP contribution is -2.58. The standard InChI is InChI=1S/C20H22F3N3O3S.3C2H6/c1-13-14(2)26(30(29)17-5-3-4-15(10-17)11-19(27)28)9-8-25(13)18-7-6-16(12-24-18)20(21,22)23;3*1-2/h3-7,10,12-14H,8-9,11H2,1-2H3,(H,27,28);3*1-2H3. The lowest BCUT2D eigenvalue weighted by molar-refractivity contribution is -0.138. The van der Waals surface area contributed by atoms with Crippen LogP contribution in [-0.2, 0) is 28.4 Å². The Bertz CT molecular complexity index is 940. The molecule has 1 fully saturated rings. The quantitative estimate of drug-likeness (QED) is 0.481. The van der Waals surface area contributed by atoms with Crippen molar-refractivity contribution in [3.8, 4) is 0 Å². The maximum absolute atomic E-state index is 13.1. The fourth-order valence-electron chi connectivity index (χ4n) is 3.47. The monoisotopic (exact) mass is 531 g/mol. The van der Waals surface area contributed by atoms with Crippen LogP contribution in [0.25, 0.3) is 0 Å². The topological polar surface area (TPSA) is 73.7 Å². The highest BCUT2D eigenvalue weighted by Gasteiger charge is 2.36. The summed E-state index contributed by atoms with van der Waals surface area (Å²) in [5.41, 5.74) is -0.227. The van der Waals surface area contributed by atoms with E-state index in [1.54, 1.807) is 24.3 Å². The van der Waals surface area contributed by atoms with E-state index in [4.69, 9.17) is 5.11 Å². The summed E-state index contributed by atoms with van der Waals surface area (Å²) in [5.74, 6) is -0.520. The maximum atomic E-state index is 13.1. The molecule has 1 aliphatic heterocycles. The van der Waals surface area contributed by atoms with Crippen molar-refractivity contribution in [2.75, 3.05) is 18.0 Å². The van der Waals surface area contributed by atoms with Gasteiger partial charge in [-0.05, 0) is 43.7 Å². The van der Waals surface area contributed by atoms with Gasteiger partial charge in [0.15, 0.2) is 0 Å². The Morgan fingerprint density at radius 3 is 2.14 bits per heavy atom. The first kappa shape index (κ1) is 33.5. The van der Waals surface area contributed by atoms with Gasteiger partial charge in [0.25, 0.3) is 0 Å². The molecule has 1 aromatic carbocycles. The van der Waals surface area contributed by atoms with Crippen LogP contribution in [0.1, 0.15) is 66.5 Å². The van der Waals surface area contributed by atoms with Gasteiger partial charge in [0.1, 0.15) is 16.8 Å². The molecule has 204 valence electrons. The highest BCUT2D eigenvalue weighted by Crippen LogP contribution is 2.31. The van der Waals surface area contributed by atoms with Crippen LogP contribution in [0.5, 0.6) is 0 Å². The second kappa shape index (κ2) is 16.3. The van der Waals surface area contributed by atoms with E-state index in [1.165, 1.54) is 6.07 Å². The van der Waals surface area contributed by atoms with Crippen LogP contribution < -0.4 is 4.90 Å². The van der Waals surface area contributed by atoms with Crippen LogP contribution in [-0.4, -0.2) is 49.7 Å². The van der Waals surface area contributed by atoms with E-state index in [0.717, 1.165) is 12.3 Å². The molecule has 1 aliphatic rings. The number of benzene rings is 1. The number of aliphatic carboxylic acids is 1. The minimum absolute atomic E-state index is 0.144. The van der Waals surface area contributed by atoms with Gasteiger partial charge in [-0.1, -0.05) is 53.7 Å². The van der Waals surface area contributed by atoms with E-state index < -0.39 is 28.7 Å². The fraction of sp³-hybridized carbons (Fsp3) is 0.538. The summed E-state index contributed by atoms with van der Waals surface area (Å²) in [4.78, 5) is 17.3. The van der Waals surface area contributed by atoms with Crippen molar-refractivity contribution in [3.63, 3.8) is 0 Å². The molecule has 0 saturated carbocycles. The number of piperazine rings is 1. The van der Waals surface area contributed by atoms with Crippen LogP contribution in [0.4, 0.5) is 19.0 Å². The summed E-state index contributed by atoms with van der Waals surface area (Å²) in [6.07, 6.45) is -3.76. The van der Waals surface area contributed by atoms with Crippen molar-refractivity contribution < 1.29 is 27.3 Å². The first-order valence-electron chi connectivity index (χ1n) is 12.4. The SMILES string of the molecule is CC.CC.CC.CC1C(C)N(S(=O)c2cccc(CC(=O)O)c2)CCN1c1ccc(C(F)(F)F)cn1. The minimum Gasteiger partial charge on any atom is -0.481 e. The summed E-state index contributed by atoms with van der Waals surface area (Å²) in [6.45, 7) is 16.7. The van der Waals surface area contributed by atoms with Crippen LogP contribution in [0.2, 0.25) is 0 Å². The predicted octanol–water partition coefficient (Wildman–Crippen LogP) is 6.43. The van der Waals surface area contributed by atoms with Crippen LogP contribution in [0.3, 0.4) is 0 Å². The Labute approximate surface area is 216 Å². The van der Waals surface area contributed by atoms with Crippen molar-refractivity contribution in [2.24, 2.45) is 0 Å². The lowest BCUT2D eigenvalue weighted by Gasteiger charge is -2.44. The zero-order valence-electron chi connectivity index (χ0n) is 22.5. The van der Waals surface area contributed by atoms with Crippen molar-refractivity contribution >= 4 is 22.8 Å². The number of carboxylic acids is 1. The van der Waals surface area contributed by atoms with E-state index >= 15 is 0 Å². The first-order valence-corrected chi connectivity index (χ1v) is 13.5. The number of carbonyl (C=O) groups is 1. The first-order chi connectivity index (χ1) is 17.1. The molecule has 3 unspecified atom stereocenters. The van der Waals surface area contributed by atoms with Gasteiger partial charge in [0.05, 0.1) is 16.9 Å². The Morgan fingerprint density at radius 1 is 1.03 bits per heavy atom. The van der Waals surface area contributed by atoms with Crippen LogP contribution >= 0.6 is 0 Å². The average molecular weight is 532 g/mol. The molecule has 0 spiro atoms. The fourth-order valence-corrected chi connectivity index (χ4v) is 4.91. The summed E-state index contributed by atoms with van der Waals surface area (Å²) in [5, 5.41) is 8.96. The highest BCUT2D eigenvalue weighted by molar-refractivity contribution is 7.82. The third-order valence-corrected chi connectivity index (χ3v) is 6.84. The van der Waals surface area contributed by atoms with Gasteiger partial charge >= 0.3 is 12.1 Å². The molecule has 0 aliphatic carbocycles. The van der Waals surface area contributed by atoms with Crippen molar-refractivity contribution in [1.29, 1.82) is 0 Å². The molecule has 3 rings (SSSR count). The second-order valence-corrected chi connectivity index (χ2v) is 8.62.